The maximum absolute atomic E-state index is 5.51. The molecule has 3 rings (SSSR count). The van der Waals surface area contributed by atoms with Gasteiger partial charge < -0.3 is 9.73 Å². The van der Waals surface area contributed by atoms with Gasteiger partial charge in [0.2, 0.25) is 0 Å². The molecule has 17 heavy (non-hydrogen) atoms. The lowest BCUT2D eigenvalue weighted by Gasteiger charge is -1.95. The van der Waals surface area contributed by atoms with Crippen LogP contribution in [-0.2, 0) is 13.6 Å². The molecular weight excluding hydrogens is 218 g/mol. The Labute approximate surface area is 97.3 Å². The predicted molar refractivity (Wildman–Crippen MR) is 62.3 cm³/mol. The highest BCUT2D eigenvalue weighted by molar-refractivity contribution is 5.74. The van der Waals surface area contributed by atoms with E-state index in [2.05, 4.69) is 20.4 Å². The fraction of sp³-hybridized carbons (Fsp3) is 0.182. The molecule has 0 atom stereocenters. The molecule has 2 heterocycles. The zero-order valence-electron chi connectivity index (χ0n) is 9.29. The molecule has 0 spiro atoms. The molecule has 0 aliphatic carbocycles. The Balaban J connectivity index is 1.76. The van der Waals surface area contributed by atoms with Gasteiger partial charge in [-0.25, -0.2) is 4.98 Å². The van der Waals surface area contributed by atoms with E-state index in [0.717, 1.165) is 11.1 Å². The third kappa shape index (κ3) is 1.96. The second kappa shape index (κ2) is 3.89. The molecule has 0 saturated carbocycles. The van der Waals surface area contributed by atoms with E-state index in [4.69, 9.17) is 4.42 Å². The molecule has 1 N–H and O–H groups in total. The van der Waals surface area contributed by atoms with Gasteiger partial charge in [-0.2, -0.15) is 10.1 Å². The molecule has 0 amide bonds. The lowest BCUT2D eigenvalue weighted by Crippen LogP contribution is -2.02. The van der Waals surface area contributed by atoms with Crippen LogP contribution in [0.3, 0.4) is 0 Å². The molecule has 0 unspecified atom stereocenters. The number of rotatable bonds is 3. The highest BCUT2D eigenvalue weighted by Crippen LogP contribution is 2.18. The number of fused-ring (bicyclic) bond motifs is 1. The molecule has 6 nitrogen and oxygen atoms in total. The van der Waals surface area contributed by atoms with Crippen molar-refractivity contribution >= 4 is 17.1 Å². The average Bonchev–Trinajstić information content (AvgIpc) is 2.91. The largest absolute Gasteiger partial charge is 0.424 e. The lowest BCUT2D eigenvalue weighted by atomic mass is 10.3. The minimum Gasteiger partial charge on any atom is -0.424 e. The first kappa shape index (κ1) is 9.83. The van der Waals surface area contributed by atoms with E-state index in [9.17, 15) is 0 Å². The highest BCUT2D eigenvalue weighted by Gasteiger charge is 2.05. The van der Waals surface area contributed by atoms with Crippen molar-refractivity contribution in [2.45, 2.75) is 6.54 Å². The Morgan fingerprint density at radius 3 is 3.00 bits per heavy atom. The van der Waals surface area contributed by atoms with Crippen LogP contribution in [0.25, 0.3) is 11.1 Å². The number of aromatic nitrogens is 4. The predicted octanol–water partition coefficient (Wildman–Crippen LogP) is 1.57. The maximum Gasteiger partial charge on any atom is 0.296 e. The minimum atomic E-state index is 0.485. The average molecular weight is 229 g/mol. The summed E-state index contributed by atoms with van der Waals surface area (Å²) in [6, 6.07) is 8.11. The van der Waals surface area contributed by atoms with Crippen LogP contribution < -0.4 is 5.32 Å². The summed E-state index contributed by atoms with van der Waals surface area (Å²) in [4.78, 5) is 8.40. The Kier molecular flexibility index (Phi) is 2.25. The Hall–Kier alpha value is -2.37. The molecule has 2 aromatic heterocycles. The number of nitrogens with zero attached hydrogens (tertiary/aromatic N) is 4. The minimum absolute atomic E-state index is 0.485. The van der Waals surface area contributed by atoms with Gasteiger partial charge in [-0.1, -0.05) is 12.1 Å². The number of oxazole rings is 1. The van der Waals surface area contributed by atoms with Crippen molar-refractivity contribution in [3.8, 4) is 0 Å². The summed E-state index contributed by atoms with van der Waals surface area (Å²) in [6.07, 6.45) is 1.66. The quantitative estimate of drug-likeness (QED) is 0.738. The van der Waals surface area contributed by atoms with Crippen LogP contribution in [0.15, 0.2) is 35.0 Å². The molecule has 0 aliphatic heterocycles. The van der Waals surface area contributed by atoms with E-state index in [0.29, 0.717) is 18.4 Å². The van der Waals surface area contributed by atoms with Crippen molar-refractivity contribution in [1.82, 2.24) is 19.7 Å². The molecule has 0 radical (unpaired) electrons. The number of anilines is 1. The molecule has 3 aromatic rings. The number of benzene rings is 1. The van der Waals surface area contributed by atoms with E-state index in [1.54, 1.807) is 11.0 Å². The van der Waals surface area contributed by atoms with Crippen molar-refractivity contribution in [2.24, 2.45) is 7.05 Å². The van der Waals surface area contributed by atoms with Gasteiger partial charge in [-0.15, -0.1) is 0 Å². The van der Waals surface area contributed by atoms with Gasteiger partial charge in [0.15, 0.2) is 11.4 Å². The van der Waals surface area contributed by atoms with E-state index in [1.807, 2.05) is 31.3 Å². The summed E-state index contributed by atoms with van der Waals surface area (Å²) in [5, 5.41) is 7.20. The van der Waals surface area contributed by atoms with E-state index in [1.165, 1.54) is 0 Å². The zero-order chi connectivity index (χ0) is 11.7. The van der Waals surface area contributed by atoms with Crippen molar-refractivity contribution < 1.29 is 4.42 Å². The molecular formula is C11H11N5O. The zero-order valence-corrected chi connectivity index (χ0v) is 9.29. The summed E-state index contributed by atoms with van der Waals surface area (Å²) < 4.78 is 7.17. The summed E-state index contributed by atoms with van der Waals surface area (Å²) in [5.41, 5.74) is 1.60. The first-order chi connectivity index (χ1) is 8.31. The topological polar surface area (TPSA) is 68.8 Å². The number of hydrogen-bond acceptors (Lipinski definition) is 5. The molecule has 0 fully saturated rings. The van der Waals surface area contributed by atoms with Gasteiger partial charge in [0.25, 0.3) is 6.01 Å². The Morgan fingerprint density at radius 2 is 2.24 bits per heavy atom. The van der Waals surface area contributed by atoms with Gasteiger partial charge in [0.05, 0.1) is 6.54 Å². The molecule has 0 saturated heterocycles. The number of para-hydroxylation sites is 2. The molecule has 0 aliphatic rings. The van der Waals surface area contributed by atoms with Crippen molar-refractivity contribution in [3.05, 3.63) is 36.4 Å². The van der Waals surface area contributed by atoms with Crippen LogP contribution in [0.4, 0.5) is 6.01 Å². The number of nitrogens with one attached hydrogen (secondary N) is 1. The van der Waals surface area contributed by atoms with Crippen LogP contribution >= 0.6 is 0 Å². The third-order valence-corrected chi connectivity index (χ3v) is 2.34. The molecule has 0 bridgehead atoms. The smallest absolute Gasteiger partial charge is 0.296 e. The van der Waals surface area contributed by atoms with Crippen LogP contribution in [0.5, 0.6) is 0 Å². The summed E-state index contributed by atoms with van der Waals surface area (Å²) in [7, 11) is 1.83. The van der Waals surface area contributed by atoms with Crippen molar-refractivity contribution in [3.63, 3.8) is 0 Å². The van der Waals surface area contributed by atoms with Crippen LogP contribution in [0.2, 0.25) is 0 Å². The normalized spacial score (nSPS) is 10.9. The summed E-state index contributed by atoms with van der Waals surface area (Å²) in [5.74, 6) is 0.703. The molecule has 1 aromatic carbocycles. The fourth-order valence-corrected chi connectivity index (χ4v) is 1.57. The Bertz CT molecular complexity index is 609. The van der Waals surface area contributed by atoms with Crippen LogP contribution in [-0.4, -0.2) is 19.7 Å². The van der Waals surface area contributed by atoms with Gasteiger partial charge in [-0.3, -0.25) is 4.68 Å². The third-order valence-electron chi connectivity index (χ3n) is 2.34. The van der Waals surface area contributed by atoms with Crippen molar-refractivity contribution in [1.29, 1.82) is 0 Å². The van der Waals surface area contributed by atoms with E-state index in [-0.39, 0.29) is 0 Å². The van der Waals surface area contributed by atoms with Gasteiger partial charge in [0, 0.05) is 7.05 Å². The van der Waals surface area contributed by atoms with Gasteiger partial charge >= 0.3 is 0 Å². The number of aryl methyl sites for hydroxylation is 1. The highest BCUT2D eigenvalue weighted by atomic mass is 16.4. The first-order valence-corrected chi connectivity index (χ1v) is 5.25. The monoisotopic (exact) mass is 229 g/mol. The van der Waals surface area contributed by atoms with E-state index < -0.39 is 0 Å². The van der Waals surface area contributed by atoms with Crippen molar-refractivity contribution in [2.75, 3.05) is 5.32 Å². The summed E-state index contributed by atoms with van der Waals surface area (Å²) in [6.45, 7) is 0.494. The molecule has 86 valence electrons. The Morgan fingerprint density at radius 1 is 1.35 bits per heavy atom. The second-order valence-corrected chi connectivity index (χ2v) is 3.67. The SMILES string of the molecule is Cn1cnc(CNc2nc3ccccc3o2)n1. The van der Waals surface area contributed by atoms with Crippen LogP contribution in [0.1, 0.15) is 5.82 Å². The maximum atomic E-state index is 5.51. The second-order valence-electron chi connectivity index (χ2n) is 3.67. The van der Waals surface area contributed by atoms with Gasteiger partial charge in [0.1, 0.15) is 11.8 Å². The summed E-state index contributed by atoms with van der Waals surface area (Å²) >= 11 is 0. The molecule has 6 heteroatoms. The van der Waals surface area contributed by atoms with Gasteiger partial charge in [-0.05, 0) is 12.1 Å². The number of hydrogen-bond donors (Lipinski definition) is 1. The van der Waals surface area contributed by atoms with E-state index >= 15 is 0 Å². The first-order valence-electron chi connectivity index (χ1n) is 5.25. The lowest BCUT2D eigenvalue weighted by molar-refractivity contribution is 0.612. The standard InChI is InChI=1S/C11H11N5O/c1-16-7-13-10(15-16)6-12-11-14-8-4-2-3-5-9(8)17-11/h2-5,7H,6H2,1H3,(H,12,14). The van der Waals surface area contributed by atoms with Crippen LogP contribution in [0, 0.1) is 0 Å². The fourth-order valence-electron chi connectivity index (χ4n) is 1.57.